The van der Waals surface area contributed by atoms with Crippen molar-refractivity contribution in [2.75, 3.05) is 12.8 Å². The molecule has 17 heavy (non-hydrogen) atoms. The first-order valence-corrected chi connectivity index (χ1v) is 5.51. The highest BCUT2D eigenvalue weighted by Crippen LogP contribution is 2.23. The summed E-state index contributed by atoms with van der Waals surface area (Å²) in [6, 6.07) is -0.184. The SMILES string of the molecule is C#CC(CC)n1c(CC)nc(C(=O)OC)c1N. The lowest BCUT2D eigenvalue weighted by Gasteiger charge is -2.14. The summed E-state index contributed by atoms with van der Waals surface area (Å²) in [6.45, 7) is 3.89. The zero-order valence-electron chi connectivity index (χ0n) is 10.4. The Bertz CT molecular complexity index is 457. The number of carbonyl (C=O) groups is 1. The van der Waals surface area contributed by atoms with Crippen molar-refractivity contribution in [3.05, 3.63) is 11.5 Å². The lowest BCUT2D eigenvalue weighted by Crippen LogP contribution is -2.13. The number of anilines is 1. The number of nitrogens with two attached hydrogens (primary N) is 1. The van der Waals surface area contributed by atoms with Gasteiger partial charge in [-0.1, -0.05) is 19.8 Å². The van der Waals surface area contributed by atoms with Crippen LogP contribution >= 0.6 is 0 Å². The third kappa shape index (κ3) is 2.26. The average molecular weight is 235 g/mol. The highest BCUT2D eigenvalue weighted by Gasteiger charge is 2.23. The van der Waals surface area contributed by atoms with E-state index in [0.717, 1.165) is 6.42 Å². The molecule has 0 amide bonds. The molecule has 1 atom stereocenters. The number of terminal acetylenes is 1. The van der Waals surface area contributed by atoms with Gasteiger partial charge in [0.05, 0.1) is 13.2 Å². The van der Waals surface area contributed by atoms with Crippen molar-refractivity contribution in [3.8, 4) is 12.3 Å². The minimum absolute atomic E-state index is 0.137. The monoisotopic (exact) mass is 235 g/mol. The van der Waals surface area contributed by atoms with E-state index < -0.39 is 5.97 Å². The first-order valence-electron chi connectivity index (χ1n) is 5.51. The lowest BCUT2D eigenvalue weighted by molar-refractivity contribution is 0.0595. The molecule has 0 spiro atoms. The van der Waals surface area contributed by atoms with Crippen molar-refractivity contribution in [3.63, 3.8) is 0 Å². The van der Waals surface area contributed by atoms with Crippen LogP contribution in [0.5, 0.6) is 0 Å². The van der Waals surface area contributed by atoms with Gasteiger partial charge < -0.3 is 10.5 Å². The summed E-state index contributed by atoms with van der Waals surface area (Å²) >= 11 is 0. The number of esters is 1. The van der Waals surface area contributed by atoms with Gasteiger partial charge in [-0.2, -0.15) is 0 Å². The zero-order valence-corrected chi connectivity index (χ0v) is 10.4. The topological polar surface area (TPSA) is 70.1 Å². The Morgan fingerprint density at radius 1 is 1.65 bits per heavy atom. The van der Waals surface area contributed by atoms with Gasteiger partial charge >= 0.3 is 5.97 Å². The quantitative estimate of drug-likeness (QED) is 0.632. The van der Waals surface area contributed by atoms with Gasteiger partial charge in [-0.15, -0.1) is 6.42 Å². The molecule has 0 aliphatic heterocycles. The van der Waals surface area contributed by atoms with Gasteiger partial charge in [-0.05, 0) is 6.42 Å². The molecule has 0 aliphatic carbocycles. The molecule has 2 N–H and O–H groups in total. The molecule has 0 radical (unpaired) electrons. The Labute approximate surface area is 101 Å². The van der Waals surface area contributed by atoms with Gasteiger partial charge in [0.25, 0.3) is 0 Å². The molecule has 92 valence electrons. The maximum Gasteiger partial charge on any atom is 0.360 e. The molecule has 0 aliphatic rings. The van der Waals surface area contributed by atoms with Gasteiger partial charge in [-0.25, -0.2) is 9.78 Å². The molecule has 0 bridgehead atoms. The summed E-state index contributed by atoms with van der Waals surface area (Å²) < 4.78 is 6.36. The van der Waals surface area contributed by atoms with Crippen LogP contribution in [0.2, 0.25) is 0 Å². The van der Waals surface area contributed by atoms with E-state index in [2.05, 4.69) is 15.6 Å². The van der Waals surface area contributed by atoms with Crippen molar-refractivity contribution < 1.29 is 9.53 Å². The van der Waals surface area contributed by atoms with Crippen molar-refractivity contribution in [2.24, 2.45) is 0 Å². The van der Waals surface area contributed by atoms with Gasteiger partial charge in [0, 0.05) is 6.42 Å². The fourth-order valence-electron chi connectivity index (χ4n) is 1.71. The fraction of sp³-hybridized carbons (Fsp3) is 0.500. The molecule has 0 saturated heterocycles. The summed E-state index contributed by atoms with van der Waals surface area (Å²) in [7, 11) is 1.30. The highest BCUT2D eigenvalue weighted by molar-refractivity contribution is 5.92. The first-order chi connectivity index (χ1) is 8.10. The zero-order chi connectivity index (χ0) is 13.0. The number of aromatic nitrogens is 2. The summed E-state index contributed by atoms with van der Waals surface area (Å²) in [5.41, 5.74) is 6.05. The number of nitrogens with zero attached hydrogens (tertiary/aromatic N) is 2. The third-order valence-corrected chi connectivity index (χ3v) is 2.61. The molecular weight excluding hydrogens is 218 g/mol. The molecule has 1 aromatic heterocycles. The van der Waals surface area contributed by atoms with E-state index in [4.69, 9.17) is 12.2 Å². The van der Waals surface area contributed by atoms with E-state index in [1.807, 2.05) is 13.8 Å². The number of methoxy groups -OCH3 is 1. The van der Waals surface area contributed by atoms with Crippen LogP contribution in [-0.4, -0.2) is 22.6 Å². The van der Waals surface area contributed by atoms with E-state index in [1.165, 1.54) is 7.11 Å². The summed E-state index contributed by atoms with van der Waals surface area (Å²) in [6.07, 6.45) is 6.83. The number of imidazole rings is 1. The van der Waals surface area contributed by atoms with Crippen LogP contribution in [0.4, 0.5) is 5.82 Å². The Balaban J connectivity index is 3.34. The molecule has 1 unspecified atom stereocenters. The van der Waals surface area contributed by atoms with Crippen LogP contribution in [0.1, 0.15) is 42.6 Å². The molecule has 1 heterocycles. The van der Waals surface area contributed by atoms with Gasteiger partial charge in [0.1, 0.15) is 11.6 Å². The van der Waals surface area contributed by atoms with Crippen LogP contribution in [0.15, 0.2) is 0 Å². The number of aryl methyl sites for hydroxylation is 1. The number of ether oxygens (including phenoxy) is 1. The van der Waals surface area contributed by atoms with E-state index in [9.17, 15) is 4.79 Å². The van der Waals surface area contributed by atoms with Crippen LogP contribution in [0.3, 0.4) is 0 Å². The first kappa shape index (κ1) is 13.1. The van der Waals surface area contributed by atoms with Gasteiger partial charge in [-0.3, -0.25) is 4.57 Å². The maximum absolute atomic E-state index is 11.5. The molecule has 0 saturated carbocycles. The van der Waals surface area contributed by atoms with E-state index >= 15 is 0 Å². The molecule has 0 fully saturated rings. The van der Waals surface area contributed by atoms with E-state index in [0.29, 0.717) is 12.2 Å². The number of hydrogen-bond acceptors (Lipinski definition) is 4. The van der Waals surface area contributed by atoms with E-state index in [1.54, 1.807) is 4.57 Å². The second-order valence-electron chi connectivity index (χ2n) is 3.57. The minimum Gasteiger partial charge on any atom is -0.464 e. The molecule has 0 aromatic carbocycles. The van der Waals surface area contributed by atoms with Crippen molar-refractivity contribution >= 4 is 11.8 Å². The van der Waals surface area contributed by atoms with Crippen molar-refractivity contribution in [2.45, 2.75) is 32.7 Å². The Hall–Kier alpha value is -1.96. The Morgan fingerprint density at radius 3 is 2.71 bits per heavy atom. The normalized spacial score (nSPS) is 11.9. The van der Waals surface area contributed by atoms with Crippen molar-refractivity contribution in [1.82, 2.24) is 9.55 Å². The number of carbonyl (C=O) groups excluding carboxylic acids is 1. The molecule has 1 aromatic rings. The lowest BCUT2D eigenvalue weighted by atomic mass is 10.2. The maximum atomic E-state index is 11.5. The van der Waals surface area contributed by atoms with Crippen LogP contribution in [-0.2, 0) is 11.2 Å². The second-order valence-corrected chi connectivity index (χ2v) is 3.57. The smallest absolute Gasteiger partial charge is 0.360 e. The Morgan fingerprint density at radius 2 is 2.29 bits per heavy atom. The van der Waals surface area contributed by atoms with Crippen molar-refractivity contribution in [1.29, 1.82) is 0 Å². The van der Waals surface area contributed by atoms with Gasteiger partial charge in [0.15, 0.2) is 5.69 Å². The van der Waals surface area contributed by atoms with Crippen LogP contribution < -0.4 is 5.73 Å². The Kier molecular flexibility index (Phi) is 4.16. The predicted molar refractivity (Wildman–Crippen MR) is 65.5 cm³/mol. The third-order valence-electron chi connectivity index (χ3n) is 2.61. The second kappa shape index (κ2) is 5.39. The highest BCUT2D eigenvalue weighted by atomic mass is 16.5. The molecular formula is C12H17N3O2. The van der Waals surface area contributed by atoms with Crippen LogP contribution in [0.25, 0.3) is 0 Å². The fourth-order valence-corrected chi connectivity index (χ4v) is 1.71. The molecule has 5 heteroatoms. The summed E-state index contributed by atoms with van der Waals surface area (Å²) in [5.74, 6) is 3.08. The van der Waals surface area contributed by atoms with Crippen LogP contribution in [0, 0.1) is 12.3 Å². The predicted octanol–water partition coefficient (Wildman–Crippen LogP) is 1.40. The standard InChI is InChI=1S/C12H17N3O2/c1-5-8(6-2)15-9(7-3)14-10(11(15)13)12(16)17-4/h1,8H,6-7,13H2,2-4H3. The van der Waals surface area contributed by atoms with E-state index in [-0.39, 0.29) is 17.6 Å². The largest absolute Gasteiger partial charge is 0.464 e. The summed E-state index contributed by atoms with van der Waals surface area (Å²) in [5, 5.41) is 0. The number of hydrogen-bond donors (Lipinski definition) is 1. The average Bonchev–Trinajstić information content (AvgIpc) is 2.68. The van der Waals surface area contributed by atoms with Gasteiger partial charge in [0.2, 0.25) is 0 Å². The summed E-state index contributed by atoms with van der Waals surface area (Å²) in [4.78, 5) is 15.7. The molecule has 5 nitrogen and oxygen atoms in total. The minimum atomic E-state index is -0.539. The number of rotatable bonds is 4. The molecule has 1 rings (SSSR count). The number of nitrogen functional groups attached to an aromatic ring is 1.